The van der Waals surface area contributed by atoms with Crippen molar-refractivity contribution in [1.29, 1.82) is 0 Å². The minimum Gasteiger partial charge on any atom is -0.359 e. The number of para-hydroxylation sites is 1. The van der Waals surface area contributed by atoms with Gasteiger partial charge in [-0.3, -0.25) is 9.52 Å². The van der Waals surface area contributed by atoms with Crippen molar-refractivity contribution in [2.75, 3.05) is 17.5 Å². The van der Waals surface area contributed by atoms with E-state index in [1.54, 1.807) is 31.3 Å². The fraction of sp³-hybridized carbons (Fsp3) is 0.533. The van der Waals surface area contributed by atoms with Crippen LogP contribution in [0.4, 0.5) is 5.69 Å². The molecule has 0 spiro atoms. The highest BCUT2D eigenvalue weighted by Gasteiger charge is 2.09. The Morgan fingerprint density at radius 1 is 1.00 bits per heavy atom. The van der Waals surface area contributed by atoms with Crippen LogP contribution >= 0.6 is 0 Å². The molecule has 21 heavy (non-hydrogen) atoms. The predicted octanol–water partition coefficient (Wildman–Crippen LogP) is 2.51. The van der Waals surface area contributed by atoms with Gasteiger partial charge in [-0.25, -0.2) is 8.42 Å². The minimum absolute atomic E-state index is 0.0599. The van der Waals surface area contributed by atoms with Crippen molar-refractivity contribution in [3.8, 4) is 0 Å². The van der Waals surface area contributed by atoms with E-state index in [4.69, 9.17) is 0 Å². The van der Waals surface area contributed by atoms with Crippen molar-refractivity contribution < 1.29 is 13.2 Å². The molecule has 0 unspecified atom stereocenters. The van der Waals surface area contributed by atoms with Gasteiger partial charge in [0.25, 0.3) is 0 Å². The first-order valence-electron chi connectivity index (χ1n) is 7.29. The van der Waals surface area contributed by atoms with E-state index in [9.17, 15) is 13.2 Å². The lowest BCUT2D eigenvalue weighted by Crippen LogP contribution is -2.17. The lowest BCUT2D eigenvalue weighted by Gasteiger charge is -2.07. The summed E-state index contributed by atoms with van der Waals surface area (Å²) in [6.07, 6.45) is 4.82. The van der Waals surface area contributed by atoms with E-state index < -0.39 is 10.0 Å². The lowest BCUT2D eigenvalue weighted by molar-refractivity contribution is -0.120. The molecule has 0 bridgehead atoms. The fourth-order valence-corrected chi connectivity index (χ4v) is 3.15. The molecule has 0 fully saturated rings. The molecule has 0 aliphatic rings. The number of sulfonamides is 1. The van der Waals surface area contributed by atoms with Crippen molar-refractivity contribution in [3.63, 3.8) is 0 Å². The molecule has 0 heterocycles. The molecule has 1 amide bonds. The number of unbranched alkanes of at least 4 members (excludes halogenated alkanes) is 4. The average molecular weight is 312 g/mol. The molecule has 5 nitrogen and oxygen atoms in total. The molecule has 1 aromatic carbocycles. The quantitative estimate of drug-likeness (QED) is 0.652. The van der Waals surface area contributed by atoms with Gasteiger partial charge < -0.3 is 5.32 Å². The number of nitrogens with one attached hydrogen (secondary N) is 2. The van der Waals surface area contributed by atoms with E-state index >= 15 is 0 Å². The second-order valence-electron chi connectivity index (χ2n) is 4.98. The Morgan fingerprint density at radius 3 is 2.29 bits per heavy atom. The standard InChI is InChI=1S/C15H24N2O3S/c1-16-15(18)12-8-3-2-4-9-13-21(19,20)17-14-10-6-5-7-11-14/h5-7,10-11,17H,2-4,8-9,12-13H2,1H3,(H,16,18). The summed E-state index contributed by atoms with van der Waals surface area (Å²) in [5.41, 5.74) is 0.600. The summed E-state index contributed by atoms with van der Waals surface area (Å²) in [4.78, 5) is 11.0. The van der Waals surface area contributed by atoms with Crippen LogP contribution in [0.5, 0.6) is 0 Å². The third kappa shape index (κ3) is 8.34. The minimum atomic E-state index is -3.26. The molecular weight excluding hydrogens is 288 g/mol. The smallest absolute Gasteiger partial charge is 0.232 e. The summed E-state index contributed by atoms with van der Waals surface area (Å²) < 4.78 is 26.3. The molecule has 1 aromatic rings. The van der Waals surface area contributed by atoms with Gasteiger partial charge in [0.2, 0.25) is 15.9 Å². The Morgan fingerprint density at radius 2 is 1.62 bits per heavy atom. The number of rotatable bonds is 10. The molecule has 0 saturated heterocycles. The monoisotopic (exact) mass is 312 g/mol. The highest BCUT2D eigenvalue weighted by atomic mass is 32.2. The van der Waals surface area contributed by atoms with Crippen LogP contribution in [0.15, 0.2) is 30.3 Å². The lowest BCUT2D eigenvalue weighted by atomic mass is 10.1. The normalized spacial score (nSPS) is 11.1. The maximum atomic E-state index is 11.9. The van der Waals surface area contributed by atoms with Gasteiger partial charge in [-0.2, -0.15) is 0 Å². The SMILES string of the molecule is CNC(=O)CCCCCCCS(=O)(=O)Nc1ccccc1. The Hall–Kier alpha value is -1.56. The molecule has 0 aromatic heterocycles. The summed E-state index contributed by atoms with van der Waals surface area (Å²) in [5, 5.41) is 2.58. The molecule has 0 radical (unpaired) electrons. The first kappa shape index (κ1) is 17.5. The van der Waals surface area contributed by atoms with E-state index in [0.29, 0.717) is 18.5 Å². The number of anilines is 1. The van der Waals surface area contributed by atoms with Crippen LogP contribution in [0.2, 0.25) is 0 Å². The van der Waals surface area contributed by atoms with E-state index in [2.05, 4.69) is 10.0 Å². The van der Waals surface area contributed by atoms with Crippen LogP contribution in [0.1, 0.15) is 38.5 Å². The second kappa shape index (κ2) is 9.39. The van der Waals surface area contributed by atoms with Crippen LogP contribution in [0, 0.1) is 0 Å². The Bertz CT molecular complexity index is 515. The molecular formula is C15H24N2O3S. The Labute approximate surface area is 127 Å². The van der Waals surface area contributed by atoms with Crippen LogP contribution in [-0.4, -0.2) is 27.1 Å². The van der Waals surface area contributed by atoms with Crippen molar-refractivity contribution in [1.82, 2.24) is 5.32 Å². The number of hydrogen-bond acceptors (Lipinski definition) is 3. The number of amides is 1. The summed E-state index contributed by atoms with van der Waals surface area (Å²) in [5.74, 6) is 0.196. The zero-order valence-electron chi connectivity index (χ0n) is 12.5. The number of carbonyl (C=O) groups excluding carboxylic acids is 1. The van der Waals surface area contributed by atoms with E-state index in [-0.39, 0.29) is 11.7 Å². The van der Waals surface area contributed by atoms with Crippen LogP contribution < -0.4 is 10.0 Å². The van der Waals surface area contributed by atoms with Crippen molar-refractivity contribution in [3.05, 3.63) is 30.3 Å². The van der Waals surface area contributed by atoms with Gasteiger partial charge in [-0.05, 0) is 25.0 Å². The Balaban J connectivity index is 2.13. The average Bonchev–Trinajstić information content (AvgIpc) is 2.46. The van der Waals surface area contributed by atoms with Crippen LogP contribution in [-0.2, 0) is 14.8 Å². The molecule has 1 rings (SSSR count). The summed E-state index contributed by atoms with van der Waals surface area (Å²) in [6.45, 7) is 0. The van der Waals surface area contributed by atoms with Crippen molar-refractivity contribution >= 4 is 21.6 Å². The molecule has 118 valence electrons. The fourth-order valence-electron chi connectivity index (χ4n) is 1.97. The first-order chi connectivity index (χ1) is 10.0. The van der Waals surface area contributed by atoms with Crippen molar-refractivity contribution in [2.24, 2.45) is 0 Å². The van der Waals surface area contributed by atoms with E-state index in [0.717, 1.165) is 25.7 Å². The largest absolute Gasteiger partial charge is 0.359 e. The van der Waals surface area contributed by atoms with Gasteiger partial charge >= 0.3 is 0 Å². The highest BCUT2D eigenvalue weighted by Crippen LogP contribution is 2.11. The molecule has 0 aliphatic heterocycles. The second-order valence-corrected chi connectivity index (χ2v) is 6.82. The van der Waals surface area contributed by atoms with E-state index in [1.807, 2.05) is 6.07 Å². The van der Waals surface area contributed by atoms with Gasteiger partial charge in [0.05, 0.1) is 5.75 Å². The third-order valence-corrected chi connectivity index (χ3v) is 4.52. The topological polar surface area (TPSA) is 75.3 Å². The highest BCUT2D eigenvalue weighted by molar-refractivity contribution is 7.92. The van der Waals surface area contributed by atoms with Gasteiger partial charge in [0, 0.05) is 19.2 Å². The maximum Gasteiger partial charge on any atom is 0.232 e. The first-order valence-corrected chi connectivity index (χ1v) is 8.95. The number of hydrogen-bond donors (Lipinski definition) is 2. The third-order valence-electron chi connectivity index (χ3n) is 3.14. The van der Waals surface area contributed by atoms with Crippen LogP contribution in [0.25, 0.3) is 0 Å². The number of benzene rings is 1. The van der Waals surface area contributed by atoms with Crippen molar-refractivity contribution in [2.45, 2.75) is 38.5 Å². The van der Waals surface area contributed by atoms with E-state index in [1.165, 1.54) is 0 Å². The summed E-state index contributed by atoms with van der Waals surface area (Å²) in [7, 11) is -1.63. The Kier molecular flexibility index (Phi) is 7.82. The number of carbonyl (C=O) groups is 1. The summed E-state index contributed by atoms with van der Waals surface area (Å²) >= 11 is 0. The van der Waals surface area contributed by atoms with Gasteiger partial charge in [0.15, 0.2) is 0 Å². The van der Waals surface area contributed by atoms with Gasteiger partial charge in [-0.1, -0.05) is 37.5 Å². The molecule has 6 heteroatoms. The zero-order valence-corrected chi connectivity index (χ0v) is 13.3. The van der Waals surface area contributed by atoms with Gasteiger partial charge in [-0.15, -0.1) is 0 Å². The maximum absolute atomic E-state index is 11.9. The molecule has 2 N–H and O–H groups in total. The van der Waals surface area contributed by atoms with Gasteiger partial charge in [0.1, 0.15) is 0 Å². The predicted molar refractivity (Wildman–Crippen MR) is 85.6 cm³/mol. The summed E-state index contributed by atoms with van der Waals surface area (Å²) in [6, 6.07) is 8.90. The zero-order chi connectivity index (χ0) is 15.6. The molecule has 0 atom stereocenters. The van der Waals surface area contributed by atoms with Crippen LogP contribution in [0.3, 0.4) is 0 Å². The molecule has 0 aliphatic carbocycles. The molecule has 0 saturated carbocycles.